The molecule has 0 saturated carbocycles. The van der Waals surface area contributed by atoms with Crippen molar-refractivity contribution in [2.45, 2.75) is 0 Å². The molecule has 0 atom stereocenters. The van der Waals surface area contributed by atoms with Gasteiger partial charge in [0.25, 0.3) is 0 Å². The van der Waals surface area contributed by atoms with Crippen LogP contribution in [-0.2, 0) is 0 Å². The molecule has 2 aromatic carbocycles. The van der Waals surface area contributed by atoms with Crippen LogP contribution in [0.25, 0.3) is 22.2 Å². The second-order valence-electron chi connectivity index (χ2n) is 4.35. The fourth-order valence-electron chi connectivity index (χ4n) is 2.09. The minimum atomic E-state index is -1.17. The quantitative estimate of drug-likeness (QED) is 0.510. The summed E-state index contributed by atoms with van der Waals surface area (Å²) in [6, 6.07) is 7.39. The van der Waals surface area contributed by atoms with E-state index in [1.807, 2.05) is 22.6 Å². The lowest BCUT2D eigenvalue weighted by Crippen LogP contribution is -2.10. The first kappa shape index (κ1) is 13.7. The van der Waals surface area contributed by atoms with Gasteiger partial charge in [-0.05, 0) is 52.1 Å². The number of carboxylic acids is 1. The molecule has 0 unspecified atom stereocenters. The van der Waals surface area contributed by atoms with E-state index in [9.17, 15) is 14.3 Å². The van der Waals surface area contributed by atoms with Gasteiger partial charge in [-0.25, -0.2) is 9.18 Å². The maximum absolute atomic E-state index is 14.1. The zero-order valence-corrected chi connectivity index (χ0v) is 12.6. The van der Waals surface area contributed by atoms with Crippen LogP contribution in [0.2, 0.25) is 0 Å². The van der Waals surface area contributed by atoms with Gasteiger partial charge in [0, 0.05) is 14.7 Å². The van der Waals surface area contributed by atoms with Crippen molar-refractivity contribution in [1.29, 1.82) is 0 Å². The SMILES string of the molecule is Nn1nnc2cc(-c3ccc(I)cc3F)c(C(=O)O)cc21. The first-order valence-corrected chi connectivity index (χ1v) is 6.88. The first-order chi connectivity index (χ1) is 9.97. The van der Waals surface area contributed by atoms with Crippen LogP contribution in [0, 0.1) is 9.39 Å². The average molecular weight is 398 g/mol. The largest absolute Gasteiger partial charge is 0.478 e. The number of nitrogens with zero attached hydrogens (tertiary/aromatic N) is 3. The Morgan fingerprint density at radius 1 is 1.29 bits per heavy atom. The van der Waals surface area contributed by atoms with Gasteiger partial charge in [0.15, 0.2) is 0 Å². The maximum atomic E-state index is 14.1. The zero-order valence-electron chi connectivity index (χ0n) is 10.4. The minimum absolute atomic E-state index is 0.0587. The lowest BCUT2D eigenvalue weighted by atomic mass is 9.98. The van der Waals surface area contributed by atoms with Gasteiger partial charge in [-0.1, -0.05) is 6.07 Å². The average Bonchev–Trinajstić information content (AvgIpc) is 2.78. The molecule has 0 aliphatic rings. The van der Waals surface area contributed by atoms with Gasteiger partial charge in [0.05, 0.1) is 5.56 Å². The van der Waals surface area contributed by atoms with Gasteiger partial charge in [-0.3, -0.25) is 0 Å². The number of aromatic carboxylic acids is 1. The molecule has 8 heteroatoms. The third kappa shape index (κ3) is 2.31. The van der Waals surface area contributed by atoms with E-state index in [0.29, 0.717) is 11.0 Å². The van der Waals surface area contributed by atoms with Gasteiger partial charge in [0.2, 0.25) is 0 Å². The highest BCUT2D eigenvalue weighted by Gasteiger charge is 2.18. The third-order valence-corrected chi connectivity index (χ3v) is 3.73. The Kier molecular flexibility index (Phi) is 3.24. The van der Waals surface area contributed by atoms with E-state index in [1.54, 1.807) is 6.07 Å². The molecule has 0 aliphatic carbocycles. The van der Waals surface area contributed by atoms with Gasteiger partial charge in [-0.2, -0.15) is 4.79 Å². The molecule has 0 spiro atoms. The zero-order chi connectivity index (χ0) is 15.1. The van der Waals surface area contributed by atoms with E-state index in [1.165, 1.54) is 24.3 Å². The summed E-state index contributed by atoms with van der Waals surface area (Å²) < 4.78 is 14.8. The van der Waals surface area contributed by atoms with Crippen molar-refractivity contribution in [3.8, 4) is 11.1 Å². The van der Waals surface area contributed by atoms with Crippen LogP contribution in [0.1, 0.15) is 10.4 Å². The third-order valence-electron chi connectivity index (χ3n) is 3.06. The van der Waals surface area contributed by atoms with E-state index in [4.69, 9.17) is 5.84 Å². The highest BCUT2D eigenvalue weighted by Crippen LogP contribution is 2.30. The highest BCUT2D eigenvalue weighted by molar-refractivity contribution is 14.1. The number of carboxylic acid groups (broad SMARTS) is 1. The molecule has 3 rings (SSSR count). The smallest absolute Gasteiger partial charge is 0.336 e. The number of hydrogen-bond acceptors (Lipinski definition) is 4. The van der Waals surface area contributed by atoms with E-state index < -0.39 is 11.8 Å². The number of aromatic nitrogens is 3. The van der Waals surface area contributed by atoms with Gasteiger partial charge in [-0.15, -0.1) is 5.10 Å². The predicted octanol–water partition coefficient (Wildman–Crippen LogP) is 2.25. The normalized spacial score (nSPS) is 11.0. The van der Waals surface area contributed by atoms with Crippen LogP contribution in [-0.4, -0.2) is 26.2 Å². The lowest BCUT2D eigenvalue weighted by Gasteiger charge is -2.08. The topological polar surface area (TPSA) is 94.0 Å². The number of rotatable bonds is 2. The molecule has 1 aromatic heterocycles. The van der Waals surface area contributed by atoms with Crippen LogP contribution >= 0.6 is 22.6 Å². The number of halogens is 2. The Balaban J connectivity index is 2.34. The fraction of sp³-hybridized carbons (Fsp3) is 0. The van der Waals surface area contributed by atoms with Gasteiger partial charge < -0.3 is 10.9 Å². The molecule has 0 aliphatic heterocycles. The van der Waals surface area contributed by atoms with Crippen molar-refractivity contribution in [2.75, 3.05) is 5.84 Å². The Bertz CT molecular complexity index is 878. The van der Waals surface area contributed by atoms with Crippen LogP contribution in [0.4, 0.5) is 4.39 Å². The number of nitrogens with two attached hydrogens (primary N) is 1. The minimum Gasteiger partial charge on any atom is -0.478 e. The molecule has 1 heterocycles. The van der Waals surface area contributed by atoms with Crippen molar-refractivity contribution in [3.63, 3.8) is 0 Å². The van der Waals surface area contributed by atoms with Crippen molar-refractivity contribution in [1.82, 2.24) is 15.1 Å². The maximum Gasteiger partial charge on any atom is 0.336 e. The predicted molar refractivity (Wildman–Crippen MR) is 82.7 cm³/mol. The van der Waals surface area contributed by atoms with Crippen LogP contribution in [0.15, 0.2) is 30.3 Å². The summed E-state index contributed by atoms with van der Waals surface area (Å²) in [6.45, 7) is 0. The van der Waals surface area contributed by atoms with Crippen LogP contribution in [0.5, 0.6) is 0 Å². The van der Waals surface area contributed by atoms with Crippen molar-refractivity contribution in [2.24, 2.45) is 0 Å². The van der Waals surface area contributed by atoms with Crippen LogP contribution in [0.3, 0.4) is 0 Å². The number of fused-ring (bicyclic) bond motifs is 1. The summed E-state index contributed by atoms with van der Waals surface area (Å²) >= 11 is 1.98. The van der Waals surface area contributed by atoms with E-state index >= 15 is 0 Å². The second-order valence-corrected chi connectivity index (χ2v) is 5.60. The number of nitrogen functional groups attached to an aromatic ring is 1. The lowest BCUT2D eigenvalue weighted by molar-refractivity contribution is 0.0698. The first-order valence-electron chi connectivity index (χ1n) is 5.80. The van der Waals surface area contributed by atoms with E-state index in [2.05, 4.69) is 10.3 Å². The second kappa shape index (κ2) is 4.95. The molecule has 0 bridgehead atoms. The molecule has 6 nitrogen and oxygen atoms in total. The molecule has 106 valence electrons. The van der Waals surface area contributed by atoms with E-state index in [-0.39, 0.29) is 16.7 Å². The Labute approximate surface area is 131 Å². The Morgan fingerprint density at radius 3 is 2.71 bits per heavy atom. The molecule has 0 amide bonds. The Hall–Kier alpha value is -2.23. The summed E-state index contributed by atoms with van der Waals surface area (Å²) in [5.41, 5.74) is 1.14. The summed E-state index contributed by atoms with van der Waals surface area (Å²) in [5, 5.41) is 16.8. The molecular weight excluding hydrogens is 390 g/mol. The molecular formula is C13H8FIN4O2. The Morgan fingerprint density at radius 2 is 2.05 bits per heavy atom. The number of hydrogen-bond donors (Lipinski definition) is 2. The van der Waals surface area contributed by atoms with Crippen LogP contribution < -0.4 is 5.84 Å². The van der Waals surface area contributed by atoms with Crippen molar-refractivity contribution in [3.05, 3.63) is 45.3 Å². The van der Waals surface area contributed by atoms with Gasteiger partial charge in [0.1, 0.15) is 16.9 Å². The summed E-state index contributed by atoms with van der Waals surface area (Å²) in [4.78, 5) is 12.4. The number of benzene rings is 2. The van der Waals surface area contributed by atoms with Crippen molar-refractivity contribution < 1.29 is 14.3 Å². The van der Waals surface area contributed by atoms with E-state index in [0.717, 1.165) is 8.36 Å². The summed E-state index contributed by atoms with van der Waals surface area (Å²) in [7, 11) is 0. The molecule has 21 heavy (non-hydrogen) atoms. The molecule has 0 saturated heterocycles. The highest BCUT2D eigenvalue weighted by atomic mass is 127. The monoisotopic (exact) mass is 398 g/mol. The number of carbonyl (C=O) groups is 1. The molecule has 0 fully saturated rings. The fourth-order valence-corrected chi connectivity index (χ4v) is 2.55. The standard InChI is InChI=1S/C13H8FIN4O2/c14-10-3-6(15)1-2-7(10)8-4-11-12(19(16)18-17-11)5-9(8)13(20)21/h1-5H,16H2,(H,20,21). The van der Waals surface area contributed by atoms with Gasteiger partial charge >= 0.3 is 5.97 Å². The molecule has 3 N–H and O–H groups in total. The van der Waals surface area contributed by atoms with Crippen molar-refractivity contribution >= 4 is 39.6 Å². The molecule has 0 radical (unpaired) electrons. The summed E-state index contributed by atoms with van der Waals surface area (Å²) in [5.74, 6) is 3.89. The molecule has 3 aromatic rings. The summed E-state index contributed by atoms with van der Waals surface area (Å²) in [6.07, 6.45) is 0.